The van der Waals surface area contributed by atoms with Crippen molar-refractivity contribution in [3.8, 4) is 11.5 Å². The molecule has 2 aromatic heterocycles. The Kier molecular flexibility index (Phi) is 7.63. The lowest BCUT2D eigenvalue weighted by atomic mass is 10.2. The molecule has 0 fully saturated rings. The number of nitrogens with zero attached hydrogens (tertiary/aromatic N) is 5. The first kappa shape index (κ1) is 24.4. The van der Waals surface area contributed by atoms with Gasteiger partial charge in [-0.25, -0.2) is 0 Å². The maximum Gasteiger partial charge on any atom is 0.408 e. The molecule has 0 spiro atoms. The fourth-order valence-corrected chi connectivity index (χ4v) is 3.03. The van der Waals surface area contributed by atoms with Crippen molar-refractivity contribution in [3.05, 3.63) is 56.3 Å². The van der Waals surface area contributed by atoms with Crippen molar-refractivity contribution >= 4 is 29.2 Å². The summed E-state index contributed by atoms with van der Waals surface area (Å²) in [5.41, 5.74) is 0.703. The van der Waals surface area contributed by atoms with E-state index in [0.717, 1.165) is 0 Å². The number of halogens is 1. The zero-order chi connectivity index (χ0) is 24.8. The first-order chi connectivity index (χ1) is 16.2. The number of methoxy groups -OCH3 is 2. The quantitative estimate of drug-likeness (QED) is 0.238. The van der Waals surface area contributed by atoms with E-state index in [4.69, 9.17) is 25.6 Å². The minimum Gasteiger partial charge on any atom is -0.493 e. The van der Waals surface area contributed by atoms with Crippen molar-refractivity contribution < 1.29 is 28.5 Å². The Morgan fingerprint density at radius 1 is 1.18 bits per heavy atom. The molecule has 0 aliphatic carbocycles. The summed E-state index contributed by atoms with van der Waals surface area (Å²) in [5, 5.41) is 23.5. The molecule has 0 saturated carbocycles. The number of nitrogens with one attached hydrogen (secondary N) is 2. The third kappa shape index (κ3) is 5.40. The SMILES string of the molecule is COc1ccc(C(=O)NCCNC(=O)c2nc(Cn3nc([N+](=O)[O-])c(Cl)c3C)no2)cc1OC. The van der Waals surface area contributed by atoms with Gasteiger partial charge in [-0.3, -0.25) is 9.59 Å². The summed E-state index contributed by atoms with van der Waals surface area (Å²) in [5.74, 6) is -0.837. The van der Waals surface area contributed by atoms with Gasteiger partial charge in [-0.05, 0) is 30.0 Å². The molecule has 34 heavy (non-hydrogen) atoms. The van der Waals surface area contributed by atoms with E-state index in [1.165, 1.54) is 25.0 Å². The second-order valence-electron chi connectivity index (χ2n) is 6.74. The van der Waals surface area contributed by atoms with Gasteiger partial charge in [0.1, 0.15) is 6.54 Å². The second-order valence-corrected chi connectivity index (χ2v) is 7.11. The van der Waals surface area contributed by atoms with Crippen LogP contribution in [0.25, 0.3) is 0 Å². The number of hydrogen-bond acceptors (Lipinski definition) is 10. The number of hydrogen-bond donors (Lipinski definition) is 2. The predicted molar refractivity (Wildman–Crippen MR) is 116 cm³/mol. The van der Waals surface area contributed by atoms with Crippen molar-refractivity contribution in [3.63, 3.8) is 0 Å². The van der Waals surface area contributed by atoms with Gasteiger partial charge < -0.3 is 34.7 Å². The molecule has 0 atom stereocenters. The number of nitro groups is 1. The van der Waals surface area contributed by atoms with Gasteiger partial charge in [0, 0.05) is 18.7 Å². The molecule has 3 aromatic rings. The van der Waals surface area contributed by atoms with E-state index in [-0.39, 0.29) is 42.3 Å². The van der Waals surface area contributed by atoms with Gasteiger partial charge in [0.05, 0.1) is 25.0 Å². The van der Waals surface area contributed by atoms with Gasteiger partial charge in [0.2, 0.25) is 0 Å². The molecule has 2 heterocycles. The number of carbonyl (C=O) groups is 2. The third-order valence-corrected chi connectivity index (χ3v) is 5.03. The summed E-state index contributed by atoms with van der Waals surface area (Å²) in [4.78, 5) is 38.7. The number of carbonyl (C=O) groups excluding carboxylic acids is 2. The molecule has 2 amide bonds. The van der Waals surface area contributed by atoms with Crippen LogP contribution in [0.15, 0.2) is 22.7 Å². The molecule has 0 unspecified atom stereocenters. The van der Waals surface area contributed by atoms with Gasteiger partial charge in [0.15, 0.2) is 22.3 Å². The third-order valence-electron chi connectivity index (χ3n) is 4.58. The summed E-state index contributed by atoms with van der Waals surface area (Å²) < 4.78 is 16.5. The van der Waals surface area contributed by atoms with Crippen LogP contribution in [0.3, 0.4) is 0 Å². The summed E-state index contributed by atoms with van der Waals surface area (Å²) in [7, 11) is 2.96. The molecule has 3 rings (SSSR count). The van der Waals surface area contributed by atoms with Crippen molar-refractivity contribution in [2.24, 2.45) is 0 Å². The zero-order valence-corrected chi connectivity index (χ0v) is 19.1. The fraction of sp³-hybridized carbons (Fsp3) is 0.316. The topological polar surface area (TPSA) is 177 Å². The van der Waals surface area contributed by atoms with Crippen LogP contribution in [0.5, 0.6) is 11.5 Å². The van der Waals surface area contributed by atoms with Crippen LogP contribution < -0.4 is 20.1 Å². The number of ether oxygens (including phenoxy) is 2. The largest absolute Gasteiger partial charge is 0.493 e. The Hall–Kier alpha value is -4.20. The summed E-state index contributed by atoms with van der Waals surface area (Å²) in [6.45, 7) is 1.69. The summed E-state index contributed by atoms with van der Waals surface area (Å²) in [6.07, 6.45) is 0. The van der Waals surface area contributed by atoms with Crippen LogP contribution >= 0.6 is 11.6 Å². The van der Waals surface area contributed by atoms with Crippen LogP contribution in [0.1, 0.15) is 32.6 Å². The van der Waals surface area contributed by atoms with E-state index in [0.29, 0.717) is 22.8 Å². The van der Waals surface area contributed by atoms with E-state index < -0.39 is 16.6 Å². The average molecular weight is 494 g/mol. The highest BCUT2D eigenvalue weighted by molar-refractivity contribution is 6.33. The van der Waals surface area contributed by atoms with E-state index in [2.05, 4.69) is 25.9 Å². The van der Waals surface area contributed by atoms with Crippen LogP contribution in [0.2, 0.25) is 5.02 Å². The smallest absolute Gasteiger partial charge is 0.408 e. The van der Waals surface area contributed by atoms with E-state index in [9.17, 15) is 19.7 Å². The lowest BCUT2D eigenvalue weighted by molar-refractivity contribution is -0.389. The molecule has 180 valence electrons. The Bertz CT molecular complexity index is 1220. The molecule has 1 aromatic carbocycles. The van der Waals surface area contributed by atoms with Crippen molar-refractivity contribution in [2.75, 3.05) is 27.3 Å². The first-order valence-electron chi connectivity index (χ1n) is 9.73. The summed E-state index contributed by atoms with van der Waals surface area (Å²) >= 11 is 5.90. The minimum absolute atomic E-state index is 0.0732. The van der Waals surface area contributed by atoms with Gasteiger partial charge >= 0.3 is 17.6 Å². The van der Waals surface area contributed by atoms with Crippen LogP contribution in [0.4, 0.5) is 5.82 Å². The molecule has 14 nitrogen and oxygen atoms in total. The Balaban J connectivity index is 1.50. The molecule has 0 aliphatic heterocycles. The monoisotopic (exact) mass is 493 g/mol. The number of rotatable bonds is 10. The molecule has 0 saturated heterocycles. The van der Waals surface area contributed by atoms with E-state index in [1.807, 2.05) is 0 Å². The Morgan fingerprint density at radius 3 is 2.47 bits per heavy atom. The Morgan fingerprint density at radius 2 is 1.85 bits per heavy atom. The van der Waals surface area contributed by atoms with Crippen molar-refractivity contribution in [2.45, 2.75) is 13.5 Å². The van der Waals surface area contributed by atoms with E-state index >= 15 is 0 Å². The van der Waals surface area contributed by atoms with E-state index in [1.54, 1.807) is 19.1 Å². The van der Waals surface area contributed by atoms with Crippen molar-refractivity contribution in [1.82, 2.24) is 30.6 Å². The number of benzene rings is 1. The molecular weight excluding hydrogens is 474 g/mol. The highest BCUT2D eigenvalue weighted by atomic mass is 35.5. The van der Waals surface area contributed by atoms with Gasteiger partial charge in [-0.15, -0.1) is 0 Å². The Labute approximate surface area is 197 Å². The lowest BCUT2D eigenvalue weighted by Gasteiger charge is -2.10. The van der Waals surface area contributed by atoms with Crippen molar-refractivity contribution in [1.29, 1.82) is 0 Å². The fourth-order valence-electron chi connectivity index (χ4n) is 2.83. The highest BCUT2D eigenvalue weighted by Gasteiger charge is 2.25. The first-order valence-corrected chi connectivity index (χ1v) is 10.1. The second kappa shape index (κ2) is 10.6. The molecule has 0 radical (unpaired) electrons. The average Bonchev–Trinajstić information content (AvgIpc) is 3.41. The highest BCUT2D eigenvalue weighted by Crippen LogP contribution is 2.28. The van der Waals surface area contributed by atoms with Gasteiger partial charge in [-0.1, -0.05) is 16.8 Å². The maximum atomic E-state index is 12.3. The number of amides is 2. The molecular formula is C19H20ClN7O7. The molecule has 2 N–H and O–H groups in total. The molecule has 0 bridgehead atoms. The van der Waals surface area contributed by atoms with Crippen LogP contribution in [-0.4, -0.2) is 64.0 Å². The lowest BCUT2D eigenvalue weighted by Crippen LogP contribution is -2.34. The van der Waals surface area contributed by atoms with Crippen LogP contribution in [0, 0.1) is 17.0 Å². The predicted octanol–water partition coefficient (Wildman–Crippen LogP) is 1.36. The minimum atomic E-state index is -0.704. The normalized spacial score (nSPS) is 10.6. The standard InChI is InChI=1S/C19H20ClN7O7/c1-10-15(20)16(27(30)31)24-26(10)9-14-23-19(34-25-14)18(29)22-7-6-21-17(28)11-4-5-12(32-2)13(8-11)33-3/h4-5,8H,6-7,9H2,1-3H3,(H,21,28)(H,22,29). The zero-order valence-electron chi connectivity index (χ0n) is 18.3. The van der Waals surface area contributed by atoms with Gasteiger partial charge in [-0.2, -0.15) is 9.67 Å². The molecule has 0 aliphatic rings. The summed E-state index contributed by atoms with van der Waals surface area (Å²) in [6, 6.07) is 4.73. The number of aromatic nitrogens is 4. The maximum absolute atomic E-state index is 12.3. The molecule has 15 heteroatoms. The van der Waals surface area contributed by atoms with Gasteiger partial charge in [0.25, 0.3) is 5.91 Å². The van der Waals surface area contributed by atoms with Crippen LogP contribution in [-0.2, 0) is 6.54 Å².